The largest absolute Gasteiger partial charge is 0.355 e. The van der Waals surface area contributed by atoms with Crippen LogP contribution in [0, 0.1) is 29.1 Å². The average molecular weight is 432 g/mol. The lowest BCUT2D eigenvalue weighted by Crippen LogP contribution is -2.41. The fourth-order valence-corrected chi connectivity index (χ4v) is 5.40. The van der Waals surface area contributed by atoms with E-state index in [0.29, 0.717) is 24.9 Å². The van der Waals surface area contributed by atoms with E-state index in [1.807, 2.05) is 43.3 Å². The van der Waals surface area contributed by atoms with Gasteiger partial charge in [0.2, 0.25) is 11.8 Å². The van der Waals surface area contributed by atoms with Gasteiger partial charge in [-0.3, -0.25) is 9.59 Å². The minimum absolute atomic E-state index is 0.0173. The third-order valence-corrected chi connectivity index (χ3v) is 6.93. The predicted octanol–water partition coefficient (Wildman–Crippen LogP) is 2.89. The van der Waals surface area contributed by atoms with Crippen LogP contribution in [0.4, 0.5) is 5.69 Å². The van der Waals surface area contributed by atoms with Gasteiger partial charge >= 0.3 is 0 Å². The zero-order chi connectivity index (χ0) is 19.2. The molecule has 6 heteroatoms. The van der Waals surface area contributed by atoms with Crippen molar-refractivity contribution in [2.45, 2.75) is 12.8 Å². The normalized spacial score (nSPS) is 29.3. The van der Waals surface area contributed by atoms with E-state index >= 15 is 0 Å². The second kappa shape index (κ2) is 7.06. The summed E-state index contributed by atoms with van der Waals surface area (Å²) in [7, 11) is 3.76. The number of rotatable bonds is 6. The summed E-state index contributed by atoms with van der Waals surface area (Å²) in [5.74, 6) is 0.891. The molecule has 2 saturated carbocycles. The number of carbonyl (C=O) groups is 2. The molecule has 1 aromatic carbocycles. The van der Waals surface area contributed by atoms with Crippen LogP contribution in [0.1, 0.15) is 12.8 Å². The SMILES string of the molecule is CN(C)CC(=O)NC[C@H]1[C@H](C(=O)Nc2ccc(Br)cc2)[C@@H]2C=C[C@H]1C21CC1. The van der Waals surface area contributed by atoms with E-state index in [1.54, 1.807) is 0 Å². The third kappa shape index (κ3) is 3.45. The Labute approximate surface area is 168 Å². The molecule has 5 nitrogen and oxygen atoms in total. The lowest BCUT2D eigenvalue weighted by Gasteiger charge is -2.27. The van der Waals surface area contributed by atoms with E-state index in [-0.39, 0.29) is 29.1 Å². The molecule has 1 spiro atoms. The van der Waals surface area contributed by atoms with E-state index < -0.39 is 0 Å². The van der Waals surface area contributed by atoms with Crippen LogP contribution in [0.15, 0.2) is 40.9 Å². The fraction of sp³-hybridized carbons (Fsp3) is 0.524. The van der Waals surface area contributed by atoms with Gasteiger partial charge in [0.25, 0.3) is 0 Å². The summed E-state index contributed by atoms with van der Waals surface area (Å²) in [4.78, 5) is 27.1. The van der Waals surface area contributed by atoms with Gasteiger partial charge in [0, 0.05) is 16.7 Å². The van der Waals surface area contributed by atoms with Crippen LogP contribution in [-0.2, 0) is 9.59 Å². The van der Waals surface area contributed by atoms with E-state index in [0.717, 1.165) is 10.2 Å². The quantitative estimate of drug-likeness (QED) is 0.680. The van der Waals surface area contributed by atoms with Crippen LogP contribution in [0.5, 0.6) is 0 Å². The van der Waals surface area contributed by atoms with Crippen LogP contribution in [0.3, 0.4) is 0 Å². The van der Waals surface area contributed by atoms with Crippen LogP contribution >= 0.6 is 15.9 Å². The molecule has 0 aliphatic heterocycles. The van der Waals surface area contributed by atoms with Gasteiger partial charge in [-0.25, -0.2) is 0 Å². The molecular formula is C21H26BrN3O2. The summed E-state index contributed by atoms with van der Waals surface area (Å²) in [5, 5.41) is 6.16. The first-order valence-electron chi connectivity index (χ1n) is 9.57. The molecule has 4 atom stereocenters. The molecule has 1 aromatic rings. The van der Waals surface area contributed by atoms with Crippen molar-refractivity contribution in [1.82, 2.24) is 10.2 Å². The standard InChI is InChI=1S/C21H26BrN3O2/c1-25(2)12-18(26)23-11-15-16-7-8-17(21(16)9-10-21)19(15)20(27)24-14-5-3-13(22)4-6-14/h3-8,15-17,19H,9-12H2,1-2H3,(H,23,26)(H,24,27)/t15-,16-,17+,19+/m1/s1. The number of amides is 2. The Morgan fingerprint density at radius 3 is 2.44 bits per heavy atom. The Morgan fingerprint density at radius 2 is 1.81 bits per heavy atom. The number of nitrogens with one attached hydrogen (secondary N) is 2. The fourth-order valence-electron chi connectivity index (χ4n) is 5.14. The van der Waals surface area contributed by atoms with Gasteiger partial charge in [0.1, 0.15) is 0 Å². The first kappa shape index (κ1) is 18.7. The van der Waals surface area contributed by atoms with Gasteiger partial charge < -0.3 is 15.5 Å². The minimum Gasteiger partial charge on any atom is -0.355 e. The van der Waals surface area contributed by atoms with E-state index in [9.17, 15) is 9.59 Å². The monoisotopic (exact) mass is 431 g/mol. The Kier molecular flexibility index (Phi) is 4.89. The molecule has 0 saturated heterocycles. The van der Waals surface area contributed by atoms with Gasteiger partial charge in [-0.2, -0.15) is 0 Å². The molecule has 27 heavy (non-hydrogen) atoms. The van der Waals surface area contributed by atoms with Crippen molar-refractivity contribution in [3.8, 4) is 0 Å². The maximum atomic E-state index is 13.2. The second-order valence-electron chi connectivity index (χ2n) is 8.40. The highest BCUT2D eigenvalue weighted by atomic mass is 79.9. The number of nitrogens with zero attached hydrogens (tertiary/aromatic N) is 1. The molecule has 4 rings (SSSR count). The average Bonchev–Trinajstić information content (AvgIpc) is 3.28. The van der Waals surface area contributed by atoms with Gasteiger partial charge in [-0.15, -0.1) is 0 Å². The summed E-state index contributed by atoms with van der Waals surface area (Å²) in [6.45, 7) is 0.940. The van der Waals surface area contributed by atoms with Crippen molar-refractivity contribution < 1.29 is 9.59 Å². The van der Waals surface area contributed by atoms with Crippen molar-refractivity contribution in [2.75, 3.05) is 32.5 Å². The molecule has 0 radical (unpaired) electrons. The summed E-state index contributed by atoms with van der Waals surface area (Å²) in [5.41, 5.74) is 1.09. The van der Waals surface area contributed by atoms with Crippen molar-refractivity contribution in [3.63, 3.8) is 0 Å². The number of allylic oxidation sites excluding steroid dienone is 2. The maximum absolute atomic E-state index is 13.2. The Bertz CT molecular complexity index is 770. The molecule has 3 aliphatic rings. The number of anilines is 1. The molecule has 2 amide bonds. The number of carbonyl (C=O) groups excluding carboxylic acids is 2. The van der Waals surface area contributed by atoms with Crippen molar-refractivity contribution in [3.05, 3.63) is 40.9 Å². The van der Waals surface area contributed by atoms with Crippen LogP contribution in [-0.4, -0.2) is 43.9 Å². The third-order valence-electron chi connectivity index (χ3n) is 6.40. The number of hydrogen-bond donors (Lipinski definition) is 2. The molecule has 2 fully saturated rings. The highest BCUT2D eigenvalue weighted by Gasteiger charge is 2.68. The highest BCUT2D eigenvalue weighted by molar-refractivity contribution is 9.10. The van der Waals surface area contributed by atoms with Crippen molar-refractivity contribution in [2.24, 2.45) is 29.1 Å². The summed E-state index contributed by atoms with van der Waals surface area (Å²) in [6, 6.07) is 7.67. The van der Waals surface area contributed by atoms with Crippen LogP contribution < -0.4 is 10.6 Å². The van der Waals surface area contributed by atoms with E-state index in [4.69, 9.17) is 0 Å². The Hall–Kier alpha value is -1.66. The molecule has 0 aromatic heterocycles. The van der Waals surface area contributed by atoms with E-state index in [1.165, 1.54) is 12.8 Å². The molecule has 3 aliphatic carbocycles. The first-order chi connectivity index (χ1) is 12.9. The molecule has 144 valence electrons. The molecule has 0 heterocycles. The summed E-state index contributed by atoms with van der Waals surface area (Å²) in [6.07, 6.45) is 6.94. The lowest BCUT2D eigenvalue weighted by atomic mass is 9.82. The van der Waals surface area contributed by atoms with Crippen LogP contribution in [0.25, 0.3) is 0 Å². The molecule has 0 unspecified atom stereocenters. The van der Waals surface area contributed by atoms with Gasteiger partial charge in [0.15, 0.2) is 0 Å². The smallest absolute Gasteiger partial charge is 0.234 e. The zero-order valence-corrected chi connectivity index (χ0v) is 17.3. The van der Waals surface area contributed by atoms with Crippen LogP contribution in [0.2, 0.25) is 0 Å². The Balaban J connectivity index is 1.48. The van der Waals surface area contributed by atoms with Crippen molar-refractivity contribution in [1.29, 1.82) is 0 Å². The number of likely N-dealkylation sites (N-methyl/N-ethyl adjacent to an activating group) is 1. The molecule has 2 bridgehead atoms. The van der Waals surface area contributed by atoms with Gasteiger partial charge in [-0.1, -0.05) is 28.1 Å². The second-order valence-corrected chi connectivity index (χ2v) is 9.31. The first-order valence-corrected chi connectivity index (χ1v) is 10.4. The van der Waals surface area contributed by atoms with Gasteiger partial charge in [-0.05, 0) is 74.4 Å². The molecule has 2 N–H and O–H groups in total. The predicted molar refractivity (Wildman–Crippen MR) is 109 cm³/mol. The lowest BCUT2D eigenvalue weighted by molar-refractivity contribution is -0.124. The molecular weight excluding hydrogens is 406 g/mol. The Morgan fingerprint density at radius 1 is 1.15 bits per heavy atom. The highest BCUT2D eigenvalue weighted by Crippen LogP contribution is 2.71. The minimum atomic E-state index is -0.0780. The summed E-state index contributed by atoms with van der Waals surface area (Å²) >= 11 is 3.42. The maximum Gasteiger partial charge on any atom is 0.234 e. The number of benzene rings is 1. The van der Waals surface area contributed by atoms with Gasteiger partial charge in [0.05, 0.1) is 12.5 Å². The van der Waals surface area contributed by atoms with E-state index in [2.05, 4.69) is 38.7 Å². The topological polar surface area (TPSA) is 61.4 Å². The summed E-state index contributed by atoms with van der Waals surface area (Å²) < 4.78 is 0.988. The number of halogens is 1. The zero-order valence-electron chi connectivity index (χ0n) is 15.7. The number of hydrogen-bond acceptors (Lipinski definition) is 3. The van der Waals surface area contributed by atoms with Crippen molar-refractivity contribution >= 4 is 33.4 Å².